The number of nitrogens with zero attached hydrogens (tertiary/aromatic N) is 4. The summed E-state index contributed by atoms with van der Waals surface area (Å²) in [6.45, 7) is 4.49. The highest BCUT2D eigenvalue weighted by Gasteiger charge is 2.46. The van der Waals surface area contributed by atoms with Gasteiger partial charge in [-0.3, -0.25) is 58.5 Å². The molecule has 0 radical (unpaired) electrons. The number of pyridine rings is 2. The lowest BCUT2D eigenvalue weighted by atomic mass is 9.86. The minimum atomic E-state index is -1.13. The molecule has 1 atom stereocenters. The number of piperidine rings is 1. The lowest BCUT2D eigenvalue weighted by Crippen LogP contribution is -2.54. The number of rotatable bonds is 16. The third-order valence-electron chi connectivity index (χ3n) is 12.6. The van der Waals surface area contributed by atoms with Crippen molar-refractivity contribution < 1.29 is 47.8 Å². The van der Waals surface area contributed by atoms with E-state index in [4.69, 9.17) is 14.5 Å². The number of fused-ring (bicyclic) bond motifs is 4. The zero-order valence-corrected chi connectivity index (χ0v) is 37.6. The van der Waals surface area contributed by atoms with Crippen LogP contribution in [0.4, 0.5) is 5.69 Å². The maximum absolute atomic E-state index is 13.4. The average molecular weight is 917 g/mol. The number of amides is 6. The van der Waals surface area contributed by atoms with Gasteiger partial charge in [0.25, 0.3) is 17.7 Å². The molecule has 0 saturated carbocycles. The van der Waals surface area contributed by atoms with Gasteiger partial charge in [0.15, 0.2) is 12.4 Å². The Morgan fingerprint density at radius 2 is 1.66 bits per heavy atom. The van der Waals surface area contributed by atoms with Crippen LogP contribution in [0.2, 0.25) is 0 Å². The molecule has 9 rings (SSSR count). The lowest BCUT2D eigenvalue weighted by Gasteiger charge is -2.35. The Labute approximate surface area is 391 Å². The number of benzene rings is 3. The van der Waals surface area contributed by atoms with Gasteiger partial charge in [0, 0.05) is 110 Å². The smallest absolute Gasteiger partial charge is 0.266 e. The largest absolute Gasteiger partial charge is 0.483 e. The fraction of sp³-hybridized carbons (Fsp3) is 0.308. The van der Waals surface area contributed by atoms with Crippen LogP contribution >= 0.6 is 0 Å². The molecule has 68 heavy (non-hydrogen) atoms. The van der Waals surface area contributed by atoms with Crippen molar-refractivity contribution in [3.63, 3.8) is 0 Å². The molecule has 346 valence electrons. The van der Waals surface area contributed by atoms with Gasteiger partial charge in [-0.2, -0.15) is 0 Å². The first-order valence-corrected chi connectivity index (χ1v) is 22.7. The SMILES string of the molecule is CC1(C)Oc2cc(N3CCCC3=O)ccc2-c2cnc(Cc3cncc(CC(=O)c4ccc(CC(=O)CCCNC(=O)COc5cccc6c5C(=O)N(C5CCC(=O)NC5=O)C6=O)cc4)c3)cc21. The van der Waals surface area contributed by atoms with Gasteiger partial charge in [0.1, 0.15) is 28.9 Å². The maximum atomic E-state index is 13.4. The van der Waals surface area contributed by atoms with Crippen LogP contribution in [0, 0.1) is 0 Å². The molecular formula is C52H48N6O10. The van der Waals surface area contributed by atoms with E-state index in [0.717, 1.165) is 61.8 Å². The molecule has 2 fully saturated rings. The molecule has 0 bridgehead atoms. The van der Waals surface area contributed by atoms with Crippen LogP contribution in [-0.4, -0.2) is 87.6 Å². The Kier molecular flexibility index (Phi) is 12.5. The molecule has 6 amide bonds. The zero-order chi connectivity index (χ0) is 47.7. The molecule has 5 aromatic rings. The van der Waals surface area contributed by atoms with Crippen LogP contribution in [0.25, 0.3) is 11.1 Å². The van der Waals surface area contributed by atoms with Crippen molar-refractivity contribution in [1.82, 2.24) is 25.5 Å². The van der Waals surface area contributed by atoms with E-state index in [0.29, 0.717) is 31.4 Å². The minimum Gasteiger partial charge on any atom is -0.483 e. The van der Waals surface area contributed by atoms with Crippen LogP contribution < -0.4 is 25.0 Å². The Morgan fingerprint density at radius 3 is 2.44 bits per heavy atom. The van der Waals surface area contributed by atoms with E-state index in [1.165, 1.54) is 18.2 Å². The van der Waals surface area contributed by atoms with Crippen molar-refractivity contribution in [3.8, 4) is 22.6 Å². The van der Waals surface area contributed by atoms with Crippen molar-refractivity contribution in [2.75, 3.05) is 24.6 Å². The number of carbonyl (C=O) groups is 8. The van der Waals surface area contributed by atoms with Crippen LogP contribution in [-0.2, 0) is 48.8 Å². The summed E-state index contributed by atoms with van der Waals surface area (Å²) in [6.07, 6.45) is 8.13. The van der Waals surface area contributed by atoms with Crippen LogP contribution in [0.5, 0.6) is 11.5 Å². The molecule has 2 N–H and O–H groups in total. The number of ketones is 2. The predicted molar refractivity (Wildman–Crippen MR) is 246 cm³/mol. The fourth-order valence-electron chi connectivity index (χ4n) is 9.21. The first kappa shape index (κ1) is 45.3. The van der Waals surface area contributed by atoms with E-state index in [2.05, 4.69) is 21.7 Å². The third-order valence-corrected chi connectivity index (χ3v) is 12.6. The molecular weight excluding hydrogens is 869 g/mol. The molecule has 0 spiro atoms. The highest BCUT2D eigenvalue weighted by atomic mass is 16.5. The second-order valence-electron chi connectivity index (χ2n) is 17.9. The number of Topliss-reactive ketones (excluding diaryl/α,β-unsaturated/α-hetero) is 2. The highest BCUT2D eigenvalue weighted by Crippen LogP contribution is 2.46. The summed E-state index contributed by atoms with van der Waals surface area (Å²) >= 11 is 0. The molecule has 3 aromatic carbocycles. The first-order chi connectivity index (χ1) is 32.7. The van der Waals surface area contributed by atoms with Crippen molar-refractivity contribution >= 4 is 52.7 Å². The third kappa shape index (κ3) is 9.39. The summed E-state index contributed by atoms with van der Waals surface area (Å²) in [5.74, 6) is -2.40. The number of imide groups is 2. The fourth-order valence-corrected chi connectivity index (χ4v) is 9.21. The molecule has 2 saturated heterocycles. The summed E-state index contributed by atoms with van der Waals surface area (Å²) < 4.78 is 12.1. The van der Waals surface area contributed by atoms with Gasteiger partial charge in [0.2, 0.25) is 17.7 Å². The second kappa shape index (κ2) is 18.8. The molecule has 4 aliphatic rings. The molecule has 2 aromatic heterocycles. The van der Waals surface area contributed by atoms with E-state index < -0.39 is 47.8 Å². The maximum Gasteiger partial charge on any atom is 0.266 e. The standard InChI is InChI=1S/C52H48N6O10/c1-52(2)40-24-34(55-28-39(40)37-15-14-35(25-44(37)68-52)57-19-5-9-47(57)63)21-31-20-32(27-53-26-31)23-42(60)33-12-10-30(11-13-33)22-36(59)6-4-18-54-46(62)29-67-43-8-3-7-38-48(43)51(66)58(50(38)65)41-16-17-45(61)56-49(41)64/h3,7-8,10-15,20,24-28,41H,4-6,9,16-19,21-23,29H2,1-2H3,(H,54,62)(H,56,61,64). The van der Waals surface area contributed by atoms with E-state index in [1.807, 2.05) is 49.2 Å². The minimum absolute atomic E-state index is 0.0104. The van der Waals surface area contributed by atoms with Gasteiger partial charge in [-0.05, 0) is 80.1 Å². The summed E-state index contributed by atoms with van der Waals surface area (Å²) in [5, 5.41) is 4.84. The Morgan fingerprint density at radius 1 is 0.853 bits per heavy atom. The van der Waals surface area contributed by atoms with Crippen molar-refractivity contribution in [2.24, 2.45) is 0 Å². The second-order valence-corrected chi connectivity index (χ2v) is 17.9. The van der Waals surface area contributed by atoms with Gasteiger partial charge < -0.3 is 19.7 Å². The zero-order valence-electron chi connectivity index (χ0n) is 37.6. The summed E-state index contributed by atoms with van der Waals surface area (Å²) in [7, 11) is 0. The van der Waals surface area contributed by atoms with Crippen molar-refractivity contribution in [1.29, 1.82) is 0 Å². The Balaban J connectivity index is 0.722. The van der Waals surface area contributed by atoms with Crippen LogP contribution in [0.1, 0.15) is 111 Å². The summed E-state index contributed by atoms with van der Waals surface area (Å²) in [4.78, 5) is 113. The molecule has 6 heterocycles. The van der Waals surface area contributed by atoms with Gasteiger partial charge in [-0.15, -0.1) is 0 Å². The molecule has 1 unspecified atom stereocenters. The normalized spacial score (nSPS) is 17.0. The highest BCUT2D eigenvalue weighted by molar-refractivity contribution is 6.24. The number of hydrogen-bond donors (Lipinski definition) is 2. The monoisotopic (exact) mass is 916 g/mol. The topological polar surface area (TPSA) is 211 Å². The number of carbonyl (C=O) groups excluding carboxylic acids is 8. The van der Waals surface area contributed by atoms with E-state index in [1.54, 1.807) is 36.7 Å². The average Bonchev–Trinajstić information content (AvgIpc) is 3.86. The van der Waals surface area contributed by atoms with Crippen molar-refractivity contribution in [2.45, 2.75) is 83.3 Å². The molecule has 0 aliphatic carbocycles. The van der Waals surface area contributed by atoms with Gasteiger partial charge in [-0.1, -0.05) is 36.4 Å². The van der Waals surface area contributed by atoms with Gasteiger partial charge in [0.05, 0.1) is 11.1 Å². The van der Waals surface area contributed by atoms with E-state index >= 15 is 0 Å². The molecule has 4 aliphatic heterocycles. The summed E-state index contributed by atoms with van der Waals surface area (Å²) in [5.41, 5.74) is 6.88. The number of hydrogen-bond acceptors (Lipinski definition) is 12. The number of nitrogens with one attached hydrogen (secondary N) is 2. The van der Waals surface area contributed by atoms with Gasteiger partial charge >= 0.3 is 0 Å². The van der Waals surface area contributed by atoms with Crippen LogP contribution in [0.3, 0.4) is 0 Å². The van der Waals surface area contributed by atoms with Crippen molar-refractivity contribution in [3.05, 3.63) is 136 Å². The Bertz CT molecular complexity index is 2930. The summed E-state index contributed by atoms with van der Waals surface area (Å²) in [6, 6.07) is 20.2. The number of aromatic nitrogens is 2. The number of anilines is 1. The van der Waals surface area contributed by atoms with Crippen LogP contribution in [0.15, 0.2) is 91.4 Å². The first-order valence-electron chi connectivity index (χ1n) is 22.7. The predicted octanol–water partition coefficient (Wildman–Crippen LogP) is 5.40. The Hall–Kier alpha value is -7.88. The molecule has 16 heteroatoms. The van der Waals surface area contributed by atoms with E-state index in [9.17, 15) is 38.4 Å². The lowest BCUT2D eigenvalue weighted by molar-refractivity contribution is -0.136. The van der Waals surface area contributed by atoms with Gasteiger partial charge in [-0.25, -0.2) is 0 Å². The van der Waals surface area contributed by atoms with E-state index in [-0.39, 0.29) is 73.0 Å². The molecule has 16 nitrogen and oxygen atoms in total. The quantitative estimate of drug-likeness (QED) is 0.0724. The number of ether oxygens (including phenoxy) is 2.